The van der Waals surface area contributed by atoms with Crippen molar-refractivity contribution in [3.8, 4) is 22.1 Å². The van der Waals surface area contributed by atoms with Crippen molar-refractivity contribution in [3.63, 3.8) is 0 Å². The largest absolute Gasteiger partial charge is 0.493 e. The number of carbonyl (C=O) groups is 1. The van der Waals surface area contributed by atoms with Crippen molar-refractivity contribution in [2.45, 2.75) is 30.1 Å². The number of ether oxygens (including phenoxy) is 2. The molecule has 0 spiro atoms. The summed E-state index contributed by atoms with van der Waals surface area (Å²) in [4.78, 5) is 12.2. The Balaban J connectivity index is 1.50. The van der Waals surface area contributed by atoms with E-state index in [4.69, 9.17) is 9.47 Å². The molecule has 0 aliphatic carbocycles. The van der Waals surface area contributed by atoms with Crippen molar-refractivity contribution in [2.75, 3.05) is 32.6 Å². The quantitative estimate of drug-likeness (QED) is 0.169. The molecule has 0 saturated carbocycles. The zero-order valence-corrected chi connectivity index (χ0v) is 25.8. The van der Waals surface area contributed by atoms with Gasteiger partial charge in [-0.15, -0.1) is 10.2 Å². The van der Waals surface area contributed by atoms with E-state index in [-0.39, 0.29) is 23.1 Å². The highest BCUT2D eigenvalue weighted by molar-refractivity contribution is 7.89. The predicted molar refractivity (Wildman–Crippen MR) is 157 cm³/mol. The summed E-state index contributed by atoms with van der Waals surface area (Å²) < 4.78 is 117. The molecule has 1 N–H and O–H groups in total. The molecule has 17 heteroatoms. The maximum Gasteiger partial charge on any atom is 0.416 e. The van der Waals surface area contributed by atoms with Crippen molar-refractivity contribution >= 4 is 32.4 Å². The van der Waals surface area contributed by atoms with Crippen molar-refractivity contribution < 1.29 is 49.0 Å². The van der Waals surface area contributed by atoms with Crippen LogP contribution in [-0.2, 0) is 33.6 Å². The number of amides is 1. The number of aromatic nitrogens is 2. The third-order valence-corrected chi connectivity index (χ3v) is 9.40. The molecule has 46 heavy (non-hydrogen) atoms. The van der Waals surface area contributed by atoms with E-state index in [0.29, 0.717) is 28.7 Å². The molecule has 246 valence electrons. The first-order chi connectivity index (χ1) is 21.6. The topological polar surface area (TPSA) is 111 Å². The van der Waals surface area contributed by atoms with Crippen LogP contribution in [0.1, 0.15) is 23.1 Å². The van der Waals surface area contributed by atoms with Crippen LogP contribution >= 0.6 is 11.3 Å². The summed E-state index contributed by atoms with van der Waals surface area (Å²) in [7, 11) is -1.63. The Morgan fingerprint density at radius 3 is 2.15 bits per heavy atom. The molecule has 1 aromatic heterocycles. The van der Waals surface area contributed by atoms with Crippen molar-refractivity contribution in [2.24, 2.45) is 0 Å². The number of carbonyl (C=O) groups excluding carboxylic acids is 1. The minimum atomic E-state index is -4.78. The van der Waals surface area contributed by atoms with Crippen LogP contribution in [0.15, 0.2) is 71.6 Å². The molecular formula is C29H26F6N4O5S2. The fraction of sp³-hybridized carbons (Fsp3) is 0.276. The van der Waals surface area contributed by atoms with Gasteiger partial charge in [-0.05, 0) is 54.4 Å². The number of anilines is 1. The predicted octanol–water partition coefficient (Wildman–Crippen LogP) is 6.52. The minimum Gasteiger partial charge on any atom is -0.493 e. The third-order valence-electron chi connectivity index (χ3n) is 6.62. The number of sulfonamides is 1. The molecule has 0 unspecified atom stereocenters. The molecule has 0 aliphatic heterocycles. The van der Waals surface area contributed by atoms with Crippen LogP contribution in [0.2, 0.25) is 0 Å². The molecule has 1 heterocycles. The first-order valence-corrected chi connectivity index (χ1v) is 15.6. The van der Waals surface area contributed by atoms with E-state index in [0.717, 1.165) is 46.0 Å². The lowest BCUT2D eigenvalue weighted by Crippen LogP contribution is -2.35. The van der Waals surface area contributed by atoms with Gasteiger partial charge in [-0.25, -0.2) is 8.42 Å². The molecule has 9 nitrogen and oxygen atoms in total. The molecule has 0 radical (unpaired) electrons. The molecule has 0 aliphatic rings. The molecule has 0 bridgehead atoms. The van der Waals surface area contributed by atoms with Gasteiger partial charge in [0.25, 0.3) is 0 Å². The number of hydrogen-bond donors (Lipinski definition) is 1. The smallest absolute Gasteiger partial charge is 0.416 e. The highest BCUT2D eigenvalue weighted by atomic mass is 32.2. The van der Waals surface area contributed by atoms with E-state index in [1.54, 1.807) is 18.2 Å². The van der Waals surface area contributed by atoms with Crippen LogP contribution in [0.3, 0.4) is 0 Å². The average molecular weight is 689 g/mol. The van der Waals surface area contributed by atoms with Gasteiger partial charge in [0.15, 0.2) is 11.5 Å². The summed E-state index contributed by atoms with van der Waals surface area (Å²) in [6.07, 6.45) is -9.58. The molecule has 3 aromatic carbocycles. The van der Waals surface area contributed by atoms with Crippen molar-refractivity contribution in [1.29, 1.82) is 0 Å². The van der Waals surface area contributed by atoms with E-state index in [1.807, 2.05) is 0 Å². The molecule has 0 saturated heterocycles. The van der Waals surface area contributed by atoms with Crippen molar-refractivity contribution in [1.82, 2.24) is 14.5 Å². The van der Waals surface area contributed by atoms with Crippen LogP contribution < -0.4 is 14.8 Å². The fourth-order valence-corrected chi connectivity index (χ4v) is 6.48. The van der Waals surface area contributed by atoms with Crippen LogP contribution in [0.4, 0.5) is 31.5 Å². The Hall–Kier alpha value is -4.22. The normalized spacial score (nSPS) is 12.3. The number of nitrogens with one attached hydrogen (secondary N) is 1. The zero-order chi connectivity index (χ0) is 33.7. The number of methoxy groups -OCH3 is 2. The lowest BCUT2D eigenvalue weighted by molar-refractivity contribution is -0.138. The number of alkyl halides is 6. The van der Waals surface area contributed by atoms with Gasteiger partial charge in [0.1, 0.15) is 5.01 Å². The number of hydrogen-bond acceptors (Lipinski definition) is 8. The summed E-state index contributed by atoms with van der Waals surface area (Å²) in [6.45, 7) is -0.597. The van der Waals surface area contributed by atoms with Crippen molar-refractivity contribution in [3.05, 3.63) is 83.4 Å². The van der Waals surface area contributed by atoms with Crippen LogP contribution in [0.5, 0.6) is 11.5 Å². The number of nitrogens with zero attached hydrogens (tertiary/aromatic N) is 3. The molecule has 1 amide bonds. The van der Waals surface area contributed by atoms with E-state index in [1.165, 1.54) is 26.4 Å². The Kier molecular flexibility index (Phi) is 10.6. The second-order valence-corrected chi connectivity index (χ2v) is 12.6. The Morgan fingerprint density at radius 2 is 1.52 bits per heavy atom. The minimum absolute atomic E-state index is 0.0116. The van der Waals surface area contributed by atoms with Gasteiger partial charge in [-0.2, -0.15) is 30.6 Å². The van der Waals surface area contributed by atoms with E-state index < -0.39 is 57.3 Å². The highest BCUT2D eigenvalue weighted by Crippen LogP contribution is 2.34. The first kappa shape index (κ1) is 34.6. The average Bonchev–Trinajstić information content (AvgIpc) is 3.48. The molecular weight excluding hydrogens is 662 g/mol. The van der Waals surface area contributed by atoms with Gasteiger partial charge in [0.05, 0.1) is 30.2 Å². The summed E-state index contributed by atoms with van der Waals surface area (Å²) >= 11 is 0.886. The number of halogens is 6. The molecule has 0 atom stereocenters. The van der Waals surface area contributed by atoms with Crippen LogP contribution in [-0.4, -0.2) is 56.1 Å². The number of rotatable bonds is 12. The second-order valence-electron chi connectivity index (χ2n) is 9.65. The Bertz CT molecular complexity index is 1780. The standard InChI is InChI=1S/C29H26F6N4O5S2/c1-43-23-11-6-18(16-24(23)44-2)12-14-39(46(41,42)22-5-3-4-21(17-22)29(33,34)35)15-13-25(40)36-27-38-37-26(45-27)19-7-9-20(10-8-19)28(30,31)32/h3-11,16-17H,12-15H2,1-2H3,(H,36,38,40). The number of benzene rings is 3. The summed E-state index contributed by atoms with van der Waals surface area (Å²) in [5, 5.41) is 10.4. The molecule has 0 fully saturated rings. The van der Waals surface area contributed by atoms with Crippen LogP contribution in [0.25, 0.3) is 10.6 Å². The van der Waals surface area contributed by atoms with E-state index >= 15 is 0 Å². The zero-order valence-electron chi connectivity index (χ0n) is 24.1. The second kappa shape index (κ2) is 14.0. The van der Waals surface area contributed by atoms with Gasteiger partial charge < -0.3 is 14.8 Å². The summed E-state index contributed by atoms with van der Waals surface area (Å²) in [5.41, 5.74) is -1.02. The fourth-order valence-electron chi connectivity index (χ4n) is 4.22. The lowest BCUT2D eigenvalue weighted by atomic mass is 10.1. The summed E-state index contributed by atoms with van der Waals surface area (Å²) in [5.74, 6) is 0.152. The third kappa shape index (κ3) is 8.52. The maximum atomic E-state index is 13.6. The van der Waals surface area contributed by atoms with Crippen LogP contribution in [0, 0.1) is 0 Å². The van der Waals surface area contributed by atoms with E-state index in [2.05, 4.69) is 15.5 Å². The SMILES string of the molecule is COc1ccc(CCN(CCC(=O)Nc2nnc(-c3ccc(C(F)(F)F)cc3)s2)S(=O)(=O)c2cccc(C(F)(F)F)c2)cc1OC. The molecule has 4 rings (SSSR count). The Morgan fingerprint density at radius 1 is 0.848 bits per heavy atom. The van der Waals surface area contributed by atoms with Gasteiger partial charge in [-0.3, -0.25) is 4.79 Å². The van der Waals surface area contributed by atoms with Gasteiger partial charge >= 0.3 is 12.4 Å². The first-order valence-electron chi connectivity index (χ1n) is 13.3. The highest BCUT2D eigenvalue weighted by Gasteiger charge is 2.33. The maximum absolute atomic E-state index is 13.6. The summed E-state index contributed by atoms with van der Waals surface area (Å²) in [6, 6.07) is 12.4. The molecule has 4 aromatic rings. The van der Waals surface area contributed by atoms with Gasteiger partial charge in [-0.1, -0.05) is 35.6 Å². The Labute approximate surface area is 263 Å². The van der Waals surface area contributed by atoms with Gasteiger partial charge in [0.2, 0.25) is 21.1 Å². The van der Waals surface area contributed by atoms with Gasteiger partial charge in [0, 0.05) is 25.1 Å². The monoisotopic (exact) mass is 688 g/mol. The lowest BCUT2D eigenvalue weighted by Gasteiger charge is -2.23. The van der Waals surface area contributed by atoms with E-state index in [9.17, 15) is 39.6 Å².